The average Bonchev–Trinajstić information content (AvgIpc) is 3.32. The van der Waals surface area contributed by atoms with Gasteiger partial charge < -0.3 is 35.6 Å². The van der Waals surface area contributed by atoms with Gasteiger partial charge in [-0.3, -0.25) is 19.2 Å². The van der Waals surface area contributed by atoms with Crippen molar-refractivity contribution in [1.29, 1.82) is 0 Å². The number of nitrogens with one attached hydrogen (secondary N) is 3. The highest BCUT2D eigenvalue weighted by Crippen LogP contribution is 2.40. The maximum absolute atomic E-state index is 13.9. The molecule has 1 aliphatic heterocycles. The summed E-state index contributed by atoms with van der Waals surface area (Å²) in [6.07, 6.45) is -1.23. The zero-order chi connectivity index (χ0) is 34.2. The second kappa shape index (κ2) is 15.7. The summed E-state index contributed by atoms with van der Waals surface area (Å²) in [5, 5.41) is 20.0. The molecule has 1 aliphatic rings. The van der Waals surface area contributed by atoms with Gasteiger partial charge in [-0.2, -0.15) is 0 Å². The van der Waals surface area contributed by atoms with Crippen LogP contribution < -0.4 is 25.6 Å². The van der Waals surface area contributed by atoms with Gasteiger partial charge in [0.1, 0.15) is 17.8 Å². The SMILES string of the molecule is CCC(NC(=O)COc1cccc(N(C)C)c1)C(=O)N[C@@H](Cc1ccccc1)[C@H](O)C(=O)N1CSC(C)(C)C1C(=O)NC(C)(C)C. The number of hydrogen-bond donors (Lipinski definition) is 4. The molecule has 4 N–H and O–H groups in total. The lowest BCUT2D eigenvalue weighted by Gasteiger charge is -2.35. The lowest BCUT2D eigenvalue weighted by molar-refractivity contribution is -0.148. The predicted octanol–water partition coefficient (Wildman–Crippen LogP) is 2.71. The first-order valence-electron chi connectivity index (χ1n) is 15.5. The van der Waals surface area contributed by atoms with Crippen LogP contribution in [-0.4, -0.2) is 94.7 Å². The summed E-state index contributed by atoms with van der Waals surface area (Å²) in [7, 11) is 3.80. The highest BCUT2D eigenvalue weighted by Gasteiger charge is 2.50. The Balaban J connectivity index is 1.75. The predicted molar refractivity (Wildman–Crippen MR) is 182 cm³/mol. The van der Waals surface area contributed by atoms with Crippen molar-refractivity contribution < 1.29 is 29.0 Å². The van der Waals surface area contributed by atoms with Gasteiger partial charge in [0, 0.05) is 36.1 Å². The van der Waals surface area contributed by atoms with Crippen LogP contribution in [0, 0.1) is 0 Å². The molecule has 0 bridgehead atoms. The second-order valence-electron chi connectivity index (χ2n) is 13.3. The van der Waals surface area contributed by atoms with Gasteiger partial charge in [-0.05, 0) is 65.2 Å². The maximum atomic E-state index is 13.9. The Kier molecular flexibility index (Phi) is 12.5. The van der Waals surface area contributed by atoms with Crippen LogP contribution in [0.4, 0.5) is 5.69 Å². The number of aliphatic hydroxyl groups is 1. The number of rotatable bonds is 13. The van der Waals surface area contributed by atoms with Gasteiger partial charge in [-0.25, -0.2) is 0 Å². The van der Waals surface area contributed by atoms with Crippen molar-refractivity contribution in [2.75, 3.05) is 31.5 Å². The van der Waals surface area contributed by atoms with Crippen molar-refractivity contribution in [3.8, 4) is 5.75 Å². The van der Waals surface area contributed by atoms with Gasteiger partial charge >= 0.3 is 0 Å². The highest BCUT2D eigenvalue weighted by atomic mass is 32.2. The molecule has 2 unspecified atom stereocenters. The fourth-order valence-electron chi connectivity index (χ4n) is 5.18. The standard InChI is InChI=1S/C34H49N5O6S/c1-9-25(35-27(40)20-45-24-17-13-16-23(19-24)38(7)8)30(42)36-26(18-22-14-11-10-12-15-22)28(41)32(44)39-21-46-34(5,6)29(39)31(43)37-33(2,3)4/h10-17,19,25-26,28-29,41H,9,18,20-21H2,1-8H3,(H,35,40)(H,36,42)(H,37,43)/t25?,26-,28-,29?/m0/s1. The van der Waals surface area contributed by atoms with Gasteiger partial charge in [-0.1, -0.05) is 43.3 Å². The van der Waals surface area contributed by atoms with E-state index in [9.17, 15) is 24.3 Å². The van der Waals surface area contributed by atoms with E-state index in [1.54, 1.807) is 19.1 Å². The van der Waals surface area contributed by atoms with Crippen molar-refractivity contribution in [2.45, 2.75) is 88.9 Å². The smallest absolute Gasteiger partial charge is 0.258 e. The number of nitrogens with zero attached hydrogens (tertiary/aromatic N) is 2. The molecule has 11 nitrogen and oxygen atoms in total. The third kappa shape index (κ3) is 10.1. The van der Waals surface area contributed by atoms with Crippen molar-refractivity contribution in [3.05, 3.63) is 60.2 Å². The summed E-state index contributed by atoms with van der Waals surface area (Å²) in [6.45, 7) is 10.8. The largest absolute Gasteiger partial charge is 0.484 e. The first-order valence-corrected chi connectivity index (χ1v) is 16.5. The van der Waals surface area contributed by atoms with Gasteiger partial charge in [0.25, 0.3) is 11.8 Å². The monoisotopic (exact) mass is 655 g/mol. The molecule has 252 valence electrons. The third-order valence-electron chi connectivity index (χ3n) is 7.60. The van der Waals surface area contributed by atoms with Crippen LogP contribution in [-0.2, 0) is 25.6 Å². The minimum Gasteiger partial charge on any atom is -0.484 e. The molecule has 46 heavy (non-hydrogen) atoms. The van der Waals surface area contributed by atoms with Crippen LogP contribution in [0.2, 0.25) is 0 Å². The molecule has 3 rings (SSSR count). The molecular formula is C34H49N5O6S. The van der Waals surface area contributed by atoms with Gasteiger partial charge in [0.2, 0.25) is 11.8 Å². The molecule has 2 aromatic carbocycles. The van der Waals surface area contributed by atoms with Crippen LogP contribution >= 0.6 is 11.8 Å². The van der Waals surface area contributed by atoms with E-state index >= 15 is 0 Å². The van der Waals surface area contributed by atoms with Gasteiger partial charge in [0.05, 0.1) is 11.9 Å². The van der Waals surface area contributed by atoms with Crippen LogP contribution in [0.25, 0.3) is 0 Å². The van der Waals surface area contributed by atoms with E-state index in [1.165, 1.54) is 16.7 Å². The molecule has 4 atom stereocenters. The van der Waals surface area contributed by atoms with Gasteiger partial charge in [0.15, 0.2) is 12.7 Å². The van der Waals surface area contributed by atoms with Crippen LogP contribution in [0.3, 0.4) is 0 Å². The molecule has 4 amide bonds. The Bertz CT molecular complexity index is 1360. The van der Waals surface area contributed by atoms with Crippen molar-refractivity contribution >= 4 is 41.1 Å². The van der Waals surface area contributed by atoms with E-state index in [0.717, 1.165) is 11.3 Å². The fourth-order valence-corrected chi connectivity index (χ4v) is 6.32. The summed E-state index contributed by atoms with van der Waals surface area (Å²) in [5.41, 5.74) is 1.19. The molecule has 0 saturated carbocycles. The van der Waals surface area contributed by atoms with Crippen molar-refractivity contribution in [3.63, 3.8) is 0 Å². The number of carbonyl (C=O) groups is 4. The van der Waals surface area contributed by atoms with E-state index in [-0.39, 0.29) is 31.2 Å². The Hall–Kier alpha value is -3.77. The number of amides is 4. The Labute approximate surface area is 276 Å². The molecule has 2 aromatic rings. The number of hydrogen-bond acceptors (Lipinski definition) is 8. The third-order valence-corrected chi connectivity index (χ3v) is 8.97. The van der Waals surface area contributed by atoms with Crippen molar-refractivity contribution in [2.24, 2.45) is 0 Å². The Morgan fingerprint density at radius 2 is 1.74 bits per heavy atom. The zero-order valence-corrected chi connectivity index (χ0v) is 28.9. The summed E-state index contributed by atoms with van der Waals surface area (Å²) >= 11 is 1.45. The molecule has 12 heteroatoms. The number of ether oxygens (including phenoxy) is 1. The molecular weight excluding hydrogens is 606 g/mol. The van der Waals surface area contributed by atoms with Crippen LogP contribution in [0.5, 0.6) is 5.75 Å². The maximum Gasteiger partial charge on any atom is 0.258 e. The molecule has 0 spiro atoms. The summed E-state index contributed by atoms with van der Waals surface area (Å²) in [4.78, 5) is 56.8. The normalized spacial score (nSPS) is 17.8. The molecule has 0 radical (unpaired) electrons. The number of aliphatic hydroxyl groups excluding tert-OH is 1. The lowest BCUT2D eigenvalue weighted by Crippen LogP contribution is -2.61. The summed E-state index contributed by atoms with van der Waals surface area (Å²) < 4.78 is 5.05. The van der Waals surface area contributed by atoms with Crippen LogP contribution in [0.15, 0.2) is 54.6 Å². The van der Waals surface area contributed by atoms with Crippen molar-refractivity contribution in [1.82, 2.24) is 20.9 Å². The van der Waals surface area contributed by atoms with E-state index in [4.69, 9.17) is 4.74 Å². The first kappa shape index (κ1) is 36.7. The second-order valence-corrected chi connectivity index (χ2v) is 14.9. The molecule has 0 aliphatic carbocycles. The minimum absolute atomic E-state index is 0.151. The number of thioether (sulfide) groups is 1. The van der Waals surface area contributed by atoms with E-state index in [2.05, 4.69) is 16.0 Å². The highest BCUT2D eigenvalue weighted by molar-refractivity contribution is 8.00. The molecule has 0 aromatic heterocycles. The Morgan fingerprint density at radius 3 is 2.35 bits per heavy atom. The average molecular weight is 656 g/mol. The number of anilines is 1. The Morgan fingerprint density at radius 1 is 1.07 bits per heavy atom. The van der Waals surface area contributed by atoms with Crippen LogP contribution in [0.1, 0.15) is 53.5 Å². The number of benzene rings is 2. The zero-order valence-electron chi connectivity index (χ0n) is 28.1. The van der Waals surface area contributed by atoms with E-state index < -0.39 is 52.2 Å². The topological polar surface area (TPSA) is 140 Å². The first-order chi connectivity index (χ1) is 21.5. The quantitative estimate of drug-likeness (QED) is 0.258. The molecule has 1 saturated heterocycles. The fraction of sp³-hybridized carbons (Fsp3) is 0.529. The van der Waals surface area contributed by atoms with Gasteiger partial charge in [-0.15, -0.1) is 11.8 Å². The molecule has 1 heterocycles. The summed E-state index contributed by atoms with van der Waals surface area (Å²) in [6, 6.07) is 13.7. The van der Waals surface area contributed by atoms with E-state index in [1.807, 2.05) is 96.1 Å². The lowest BCUT2D eigenvalue weighted by atomic mass is 9.96. The van der Waals surface area contributed by atoms with E-state index in [0.29, 0.717) is 5.75 Å². The minimum atomic E-state index is -1.65. The number of carbonyl (C=O) groups excluding carboxylic acids is 4. The molecule has 1 fully saturated rings. The summed E-state index contributed by atoms with van der Waals surface area (Å²) in [5.74, 6) is -1.27.